The molecule has 2 saturated heterocycles. The van der Waals surface area contributed by atoms with E-state index in [-0.39, 0.29) is 17.4 Å². The lowest BCUT2D eigenvalue weighted by atomic mass is 9.85. The van der Waals surface area contributed by atoms with E-state index in [1.807, 2.05) is 40.1 Å². The molecule has 2 heterocycles. The molecule has 25 heavy (non-hydrogen) atoms. The maximum absolute atomic E-state index is 13.0. The summed E-state index contributed by atoms with van der Waals surface area (Å²) in [6, 6.07) is 9.87. The predicted octanol–water partition coefficient (Wildman–Crippen LogP) is 2.25. The lowest BCUT2D eigenvalue weighted by Crippen LogP contribution is -2.56. The lowest BCUT2D eigenvalue weighted by Gasteiger charge is -2.44. The van der Waals surface area contributed by atoms with Crippen LogP contribution in [0.4, 0.5) is 0 Å². The monoisotopic (exact) mass is 344 g/mol. The van der Waals surface area contributed by atoms with Crippen molar-refractivity contribution in [3.8, 4) is 0 Å². The molecule has 0 N–H and O–H groups in total. The first-order valence-corrected chi connectivity index (χ1v) is 9.26. The molecule has 0 bridgehead atoms. The molecule has 0 saturated carbocycles. The molecule has 5 nitrogen and oxygen atoms in total. The normalized spacial score (nSPS) is 23.5. The second kappa shape index (κ2) is 8.00. The fourth-order valence-corrected chi connectivity index (χ4v) is 4.20. The van der Waals surface area contributed by atoms with Crippen LogP contribution in [-0.2, 0) is 20.7 Å². The third-order valence-corrected chi connectivity index (χ3v) is 5.44. The van der Waals surface area contributed by atoms with Crippen LogP contribution in [0.3, 0.4) is 0 Å². The number of piperidine rings is 1. The highest BCUT2D eigenvalue weighted by atomic mass is 16.5. The fraction of sp³-hybridized carbons (Fsp3) is 0.600. The van der Waals surface area contributed by atoms with Crippen molar-refractivity contribution in [2.45, 2.75) is 44.1 Å². The van der Waals surface area contributed by atoms with Gasteiger partial charge in [-0.2, -0.15) is 0 Å². The highest BCUT2D eigenvalue weighted by Crippen LogP contribution is 2.37. The molecule has 0 aliphatic carbocycles. The van der Waals surface area contributed by atoms with Gasteiger partial charge in [-0.05, 0) is 31.2 Å². The Morgan fingerprint density at radius 2 is 2.04 bits per heavy atom. The van der Waals surface area contributed by atoms with Crippen LogP contribution in [0.2, 0.25) is 0 Å². The number of benzene rings is 1. The molecule has 0 aromatic heterocycles. The summed E-state index contributed by atoms with van der Waals surface area (Å²) in [7, 11) is 1.68. The SMILES string of the molecule is COCCCN1CC2(CCCCN2C(=O)Cc2ccccc2)CC1=O. The van der Waals surface area contributed by atoms with Crippen LogP contribution in [0.25, 0.3) is 0 Å². The highest BCUT2D eigenvalue weighted by Gasteiger charge is 2.49. The Bertz CT molecular complexity index is 604. The molecule has 0 radical (unpaired) electrons. The average Bonchev–Trinajstić information content (AvgIpc) is 2.92. The summed E-state index contributed by atoms with van der Waals surface area (Å²) in [5.41, 5.74) is 0.739. The van der Waals surface area contributed by atoms with Crippen LogP contribution in [0.15, 0.2) is 30.3 Å². The smallest absolute Gasteiger partial charge is 0.227 e. The van der Waals surface area contributed by atoms with E-state index < -0.39 is 0 Å². The summed E-state index contributed by atoms with van der Waals surface area (Å²) in [6.07, 6.45) is 4.78. The second-order valence-corrected chi connectivity index (χ2v) is 7.23. The second-order valence-electron chi connectivity index (χ2n) is 7.23. The fourth-order valence-electron chi connectivity index (χ4n) is 4.20. The van der Waals surface area contributed by atoms with Crippen molar-refractivity contribution in [2.24, 2.45) is 0 Å². The summed E-state index contributed by atoms with van der Waals surface area (Å²) < 4.78 is 5.10. The van der Waals surface area contributed by atoms with Gasteiger partial charge in [-0.25, -0.2) is 0 Å². The first-order valence-electron chi connectivity index (χ1n) is 9.26. The molecule has 1 unspecified atom stereocenters. The van der Waals surface area contributed by atoms with Crippen molar-refractivity contribution in [2.75, 3.05) is 33.4 Å². The van der Waals surface area contributed by atoms with Crippen molar-refractivity contribution >= 4 is 11.8 Å². The largest absolute Gasteiger partial charge is 0.385 e. The lowest BCUT2D eigenvalue weighted by molar-refractivity contribution is -0.138. The quantitative estimate of drug-likeness (QED) is 0.744. The molecule has 136 valence electrons. The van der Waals surface area contributed by atoms with Gasteiger partial charge in [-0.1, -0.05) is 30.3 Å². The third kappa shape index (κ3) is 4.03. The molecular weight excluding hydrogens is 316 g/mol. The summed E-state index contributed by atoms with van der Waals surface area (Å²) >= 11 is 0. The van der Waals surface area contributed by atoms with E-state index in [1.165, 1.54) is 0 Å². The van der Waals surface area contributed by atoms with E-state index in [0.717, 1.165) is 44.3 Å². The van der Waals surface area contributed by atoms with Crippen LogP contribution in [0, 0.1) is 0 Å². The molecule has 1 atom stereocenters. The Morgan fingerprint density at radius 3 is 2.80 bits per heavy atom. The van der Waals surface area contributed by atoms with Crippen molar-refractivity contribution in [3.05, 3.63) is 35.9 Å². The molecule has 1 spiro atoms. The minimum Gasteiger partial charge on any atom is -0.385 e. The number of hydrogen-bond acceptors (Lipinski definition) is 3. The third-order valence-electron chi connectivity index (χ3n) is 5.44. The molecule has 1 aromatic rings. The van der Waals surface area contributed by atoms with Gasteiger partial charge in [0, 0.05) is 33.4 Å². The molecule has 2 aliphatic heterocycles. The number of carbonyl (C=O) groups is 2. The van der Waals surface area contributed by atoms with Crippen LogP contribution in [-0.4, -0.2) is 60.5 Å². The molecule has 2 amide bonds. The predicted molar refractivity (Wildman–Crippen MR) is 96.1 cm³/mol. The summed E-state index contributed by atoms with van der Waals surface area (Å²) in [5.74, 6) is 0.327. The molecular formula is C20H28N2O3. The Labute approximate surface area is 149 Å². The number of amides is 2. The van der Waals surface area contributed by atoms with Crippen LogP contribution in [0.5, 0.6) is 0 Å². The van der Waals surface area contributed by atoms with E-state index in [4.69, 9.17) is 4.74 Å². The van der Waals surface area contributed by atoms with E-state index in [9.17, 15) is 9.59 Å². The van der Waals surface area contributed by atoms with Crippen molar-refractivity contribution < 1.29 is 14.3 Å². The minimum atomic E-state index is -0.297. The van der Waals surface area contributed by atoms with E-state index in [2.05, 4.69) is 0 Å². The van der Waals surface area contributed by atoms with Gasteiger partial charge in [0.05, 0.1) is 18.4 Å². The number of ether oxygens (including phenoxy) is 1. The maximum atomic E-state index is 13.0. The van der Waals surface area contributed by atoms with E-state index >= 15 is 0 Å². The van der Waals surface area contributed by atoms with Gasteiger partial charge >= 0.3 is 0 Å². The summed E-state index contributed by atoms with van der Waals surface area (Å²) in [6.45, 7) is 2.82. The molecule has 2 fully saturated rings. The maximum Gasteiger partial charge on any atom is 0.227 e. The zero-order valence-electron chi connectivity index (χ0n) is 15.1. The zero-order chi connectivity index (χ0) is 17.7. The molecule has 1 aromatic carbocycles. The number of hydrogen-bond donors (Lipinski definition) is 0. The highest BCUT2D eigenvalue weighted by molar-refractivity contribution is 5.84. The Hall–Kier alpha value is -1.88. The molecule has 2 aliphatic rings. The number of nitrogens with zero attached hydrogens (tertiary/aromatic N) is 2. The van der Waals surface area contributed by atoms with Gasteiger partial charge in [0.25, 0.3) is 0 Å². The standard InChI is InChI=1S/C20H28N2O3/c1-25-13-7-11-21-16-20(15-19(21)24)10-5-6-12-22(20)18(23)14-17-8-3-2-4-9-17/h2-4,8-9H,5-7,10-16H2,1H3. The average molecular weight is 344 g/mol. The number of methoxy groups -OCH3 is 1. The van der Waals surface area contributed by atoms with Crippen molar-refractivity contribution in [3.63, 3.8) is 0 Å². The number of rotatable bonds is 6. The number of likely N-dealkylation sites (tertiary alicyclic amines) is 2. The minimum absolute atomic E-state index is 0.150. The summed E-state index contributed by atoms with van der Waals surface area (Å²) in [5, 5.41) is 0. The number of carbonyl (C=O) groups excluding carboxylic acids is 2. The Balaban J connectivity index is 1.70. The van der Waals surface area contributed by atoms with Crippen LogP contribution < -0.4 is 0 Å². The van der Waals surface area contributed by atoms with Gasteiger partial charge in [0.2, 0.25) is 11.8 Å². The van der Waals surface area contributed by atoms with Crippen LogP contribution >= 0.6 is 0 Å². The van der Waals surface area contributed by atoms with E-state index in [0.29, 0.717) is 26.0 Å². The van der Waals surface area contributed by atoms with E-state index in [1.54, 1.807) is 7.11 Å². The van der Waals surface area contributed by atoms with Gasteiger partial charge in [-0.3, -0.25) is 9.59 Å². The van der Waals surface area contributed by atoms with Crippen LogP contribution in [0.1, 0.15) is 37.7 Å². The topological polar surface area (TPSA) is 49.9 Å². The first-order chi connectivity index (χ1) is 12.1. The Morgan fingerprint density at radius 1 is 1.24 bits per heavy atom. The molecule has 3 rings (SSSR count). The molecule has 5 heteroatoms. The Kier molecular flexibility index (Phi) is 5.74. The van der Waals surface area contributed by atoms with Gasteiger partial charge in [0.1, 0.15) is 0 Å². The van der Waals surface area contributed by atoms with Crippen molar-refractivity contribution in [1.29, 1.82) is 0 Å². The van der Waals surface area contributed by atoms with Gasteiger partial charge < -0.3 is 14.5 Å². The van der Waals surface area contributed by atoms with Crippen molar-refractivity contribution in [1.82, 2.24) is 9.80 Å². The van der Waals surface area contributed by atoms with Gasteiger partial charge in [-0.15, -0.1) is 0 Å². The van der Waals surface area contributed by atoms with Gasteiger partial charge in [0.15, 0.2) is 0 Å². The summed E-state index contributed by atoms with van der Waals surface area (Å²) in [4.78, 5) is 29.4. The first kappa shape index (κ1) is 17.9. The zero-order valence-corrected chi connectivity index (χ0v) is 15.1.